The molecule has 21 heavy (non-hydrogen) atoms. The summed E-state index contributed by atoms with van der Waals surface area (Å²) in [5.74, 6) is -0.287. The largest absolute Gasteiger partial charge is 0.481 e. The number of fused-ring (bicyclic) bond motifs is 1. The van der Waals surface area contributed by atoms with E-state index in [1.54, 1.807) is 10.9 Å². The first-order valence-electron chi connectivity index (χ1n) is 6.49. The molecule has 0 radical (unpaired) electrons. The molecule has 112 valence electrons. The summed E-state index contributed by atoms with van der Waals surface area (Å²) in [6.45, 7) is 2.68. The van der Waals surface area contributed by atoms with Gasteiger partial charge in [0.05, 0.1) is 19.4 Å². The number of aromatic nitrogens is 4. The molecule has 0 unspecified atom stereocenters. The van der Waals surface area contributed by atoms with Gasteiger partial charge in [0.1, 0.15) is 11.8 Å². The Morgan fingerprint density at radius 3 is 2.95 bits per heavy atom. The fourth-order valence-electron chi connectivity index (χ4n) is 1.78. The molecular formula is C13H17N5O3. The Balaban J connectivity index is 2.16. The van der Waals surface area contributed by atoms with E-state index >= 15 is 0 Å². The molecule has 3 N–H and O–H groups in total. The fraction of sp³-hybridized carbons (Fsp3) is 0.385. The Morgan fingerprint density at radius 1 is 1.43 bits per heavy atom. The van der Waals surface area contributed by atoms with Crippen molar-refractivity contribution < 1.29 is 15.0 Å². The molecule has 0 saturated carbocycles. The Kier molecular flexibility index (Phi) is 4.83. The third-order valence-corrected chi connectivity index (χ3v) is 2.94. The highest BCUT2D eigenvalue weighted by Gasteiger charge is 2.10. The highest BCUT2D eigenvalue weighted by molar-refractivity contribution is 5.82. The highest BCUT2D eigenvalue weighted by atomic mass is 16.4. The van der Waals surface area contributed by atoms with Crippen molar-refractivity contribution in [3.8, 4) is 0 Å². The Hall–Kier alpha value is -2.48. The van der Waals surface area contributed by atoms with Crippen LogP contribution >= 0.6 is 0 Å². The number of rotatable bonds is 7. The van der Waals surface area contributed by atoms with Gasteiger partial charge in [0.15, 0.2) is 11.5 Å². The molecule has 0 aliphatic heterocycles. The maximum absolute atomic E-state index is 10.6. The van der Waals surface area contributed by atoms with Crippen LogP contribution in [0.4, 0.5) is 5.82 Å². The summed E-state index contributed by atoms with van der Waals surface area (Å²) < 4.78 is 1.69. The first kappa shape index (κ1) is 14.9. The van der Waals surface area contributed by atoms with E-state index in [0.717, 1.165) is 5.57 Å². The van der Waals surface area contributed by atoms with Gasteiger partial charge in [-0.2, -0.15) is 0 Å². The van der Waals surface area contributed by atoms with E-state index in [0.29, 0.717) is 30.1 Å². The van der Waals surface area contributed by atoms with E-state index < -0.39 is 5.97 Å². The van der Waals surface area contributed by atoms with Crippen LogP contribution in [-0.4, -0.2) is 48.9 Å². The Bertz CT molecular complexity index is 665. The number of anilines is 1. The minimum Gasteiger partial charge on any atom is -0.481 e. The van der Waals surface area contributed by atoms with Crippen molar-refractivity contribution in [2.75, 3.05) is 18.5 Å². The van der Waals surface area contributed by atoms with Gasteiger partial charge in [0.2, 0.25) is 0 Å². The molecule has 2 aromatic heterocycles. The van der Waals surface area contributed by atoms with Crippen LogP contribution in [0.15, 0.2) is 24.3 Å². The number of carboxylic acid groups (broad SMARTS) is 1. The van der Waals surface area contributed by atoms with E-state index in [-0.39, 0.29) is 13.0 Å². The van der Waals surface area contributed by atoms with Crippen LogP contribution in [0.1, 0.15) is 13.3 Å². The molecule has 0 aliphatic carbocycles. The summed E-state index contributed by atoms with van der Waals surface area (Å²) in [7, 11) is 0. The van der Waals surface area contributed by atoms with Crippen LogP contribution < -0.4 is 5.32 Å². The monoisotopic (exact) mass is 291 g/mol. The number of nitrogens with zero attached hydrogens (tertiary/aromatic N) is 4. The number of nitrogens with one attached hydrogen (secondary N) is 1. The van der Waals surface area contributed by atoms with Gasteiger partial charge in [-0.3, -0.25) is 4.79 Å². The molecule has 0 spiro atoms. The van der Waals surface area contributed by atoms with E-state index in [4.69, 9.17) is 10.2 Å². The van der Waals surface area contributed by atoms with E-state index in [1.807, 2.05) is 13.0 Å². The maximum Gasteiger partial charge on any atom is 0.305 e. The molecule has 0 aliphatic rings. The predicted molar refractivity (Wildman–Crippen MR) is 76.9 cm³/mol. The molecule has 2 aromatic rings. The normalized spacial score (nSPS) is 11.8. The predicted octanol–water partition coefficient (Wildman–Crippen LogP) is 0.651. The van der Waals surface area contributed by atoms with Crippen molar-refractivity contribution in [1.29, 1.82) is 0 Å². The van der Waals surface area contributed by atoms with Crippen LogP contribution in [0, 0.1) is 0 Å². The van der Waals surface area contributed by atoms with Crippen molar-refractivity contribution >= 4 is 23.0 Å². The molecule has 2 rings (SSSR count). The Morgan fingerprint density at radius 2 is 2.24 bits per heavy atom. The zero-order valence-corrected chi connectivity index (χ0v) is 11.7. The smallest absolute Gasteiger partial charge is 0.305 e. The first-order chi connectivity index (χ1) is 10.1. The van der Waals surface area contributed by atoms with Crippen molar-refractivity contribution in [2.45, 2.75) is 19.9 Å². The second-order valence-electron chi connectivity index (χ2n) is 4.57. The quantitative estimate of drug-likeness (QED) is 0.642. The minimum atomic E-state index is -0.867. The zero-order valence-electron chi connectivity index (χ0n) is 11.7. The molecule has 0 aromatic carbocycles. The second-order valence-corrected chi connectivity index (χ2v) is 4.57. The van der Waals surface area contributed by atoms with Gasteiger partial charge in [0.25, 0.3) is 0 Å². The summed E-state index contributed by atoms with van der Waals surface area (Å²) >= 11 is 0. The number of imidazole rings is 1. The SMILES string of the molecule is C/C(=C/CNc1ncnc2c1ncn2CCC(=O)O)CO. The molecule has 0 saturated heterocycles. The van der Waals surface area contributed by atoms with Gasteiger partial charge < -0.3 is 20.1 Å². The number of carboxylic acids is 1. The number of hydrogen-bond acceptors (Lipinski definition) is 6. The zero-order chi connectivity index (χ0) is 15.2. The second kappa shape index (κ2) is 6.80. The van der Waals surface area contributed by atoms with Crippen LogP contribution in [0.3, 0.4) is 0 Å². The lowest BCUT2D eigenvalue weighted by Gasteiger charge is -2.04. The topological polar surface area (TPSA) is 113 Å². The van der Waals surface area contributed by atoms with Gasteiger partial charge in [-0.1, -0.05) is 11.6 Å². The van der Waals surface area contributed by atoms with E-state index in [9.17, 15) is 4.79 Å². The van der Waals surface area contributed by atoms with Crippen molar-refractivity contribution in [1.82, 2.24) is 19.5 Å². The molecule has 8 nitrogen and oxygen atoms in total. The number of aryl methyl sites for hydroxylation is 1. The molecule has 0 atom stereocenters. The fourth-order valence-corrected chi connectivity index (χ4v) is 1.78. The summed E-state index contributed by atoms with van der Waals surface area (Å²) in [6.07, 6.45) is 4.83. The standard InChI is InChI=1S/C13H17N5O3/c1-9(6-19)2-4-14-12-11-13(16-7-15-12)18(8-17-11)5-3-10(20)21/h2,7-8,19H,3-6H2,1H3,(H,20,21)(H,14,15,16)/b9-2-. The summed E-state index contributed by atoms with van der Waals surface area (Å²) in [6, 6.07) is 0. The number of aliphatic carboxylic acids is 1. The molecule has 0 bridgehead atoms. The van der Waals surface area contributed by atoms with Crippen molar-refractivity contribution in [3.05, 3.63) is 24.3 Å². The van der Waals surface area contributed by atoms with Gasteiger partial charge in [-0.05, 0) is 6.92 Å². The molecule has 0 amide bonds. The first-order valence-corrected chi connectivity index (χ1v) is 6.49. The summed E-state index contributed by atoms with van der Waals surface area (Å²) in [5.41, 5.74) is 2.05. The van der Waals surface area contributed by atoms with E-state index in [1.165, 1.54) is 6.33 Å². The number of aliphatic hydroxyl groups excluding tert-OH is 1. The third kappa shape index (κ3) is 3.76. The summed E-state index contributed by atoms with van der Waals surface area (Å²) in [4.78, 5) is 23.1. The molecule has 8 heteroatoms. The van der Waals surface area contributed by atoms with Crippen molar-refractivity contribution in [3.63, 3.8) is 0 Å². The third-order valence-electron chi connectivity index (χ3n) is 2.94. The van der Waals surface area contributed by atoms with Gasteiger partial charge in [-0.25, -0.2) is 15.0 Å². The van der Waals surface area contributed by atoms with Gasteiger partial charge in [0, 0.05) is 13.1 Å². The van der Waals surface area contributed by atoms with E-state index in [2.05, 4.69) is 20.3 Å². The lowest BCUT2D eigenvalue weighted by molar-refractivity contribution is -0.137. The average Bonchev–Trinajstić information content (AvgIpc) is 2.89. The summed E-state index contributed by atoms with van der Waals surface area (Å²) in [5, 5.41) is 20.8. The van der Waals surface area contributed by atoms with Crippen LogP contribution in [-0.2, 0) is 11.3 Å². The van der Waals surface area contributed by atoms with Crippen LogP contribution in [0.25, 0.3) is 11.2 Å². The molecule has 0 fully saturated rings. The number of hydrogen-bond donors (Lipinski definition) is 3. The maximum atomic E-state index is 10.6. The average molecular weight is 291 g/mol. The van der Waals surface area contributed by atoms with Crippen LogP contribution in [0.2, 0.25) is 0 Å². The lowest BCUT2D eigenvalue weighted by Crippen LogP contribution is -2.06. The molecule has 2 heterocycles. The Labute approximate surface area is 121 Å². The molecular weight excluding hydrogens is 274 g/mol. The lowest BCUT2D eigenvalue weighted by atomic mass is 10.3. The van der Waals surface area contributed by atoms with Crippen LogP contribution in [0.5, 0.6) is 0 Å². The van der Waals surface area contributed by atoms with Crippen molar-refractivity contribution in [2.24, 2.45) is 0 Å². The van der Waals surface area contributed by atoms with Gasteiger partial charge in [-0.15, -0.1) is 0 Å². The number of carbonyl (C=O) groups is 1. The minimum absolute atomic E-state index is 0.0106. The highest BCUT2D eigenvalue weighted by Crippen LogP contribution is 2.17. The van der Waals surface area contributed by atoms with Gasteiger partial charge >= 0.3 is 5.97 Å². The number of aliphatic hydroxyl groups is 1.